The Morgan fingerprint density at radius 1 is 1.32 bits per heavy atom. The van der Waals surface area contributed by atoms with Crippen LogP contribution in [0.1, 0.15) is 44.6 Å². The van der Waals surface area contributed by atoms with Gasteiger partial charge in [-0.15, -0.1) is 0 Å². The Hall–Kier alpha value is -2.96. The Labute approximate surface area is 165 Å². The molecule has 0 bridgehead atoms. The van der Waals surface area contributed by atoms with Crippen molar-refractivity contribution in [2.24, 2.45) is 11.3 Å². The van der Waals surface area contributed by atoms with Gasteiger partial charge in [-0.05, 0) is 44.4 Å². The number of carbonyl (C=O) groups excluding carboxylic acids is 2. The van der Waals surface area contributed by atoms with Crippen LogP contribution < -0.4 is 15.0 Å². The minimum Gasteiger partial charge on any atom is -0.490 e. The van der Waals surface area contributed by atoms with Gasteiger partial charge in [-0.3, -0.25) is 14.6 Å². The lowest BCUT2D eigenvalue weighted by Gasteiger charge is -2.28. The number of fused-ring (bicyclic) bond motifs is 1. The number of hydrogen-bond donors (Lipinski definition) is 1. The molecule has 148 valence electrons. The molecule has 1 N–H and O–H groups in total. The SMILES string of the molecule is CC(C)CCN1C(=O)C(C)(C)COc2ccc(NC(=O)c3cnccn3)cc21. The molecule has 0 saturated carbocycles. The Bertz CT molecular complexity index is 865. The molecule has 1 aromatic heterocycles. The molecule has 2 aromatic rings. The number of aromatic nitrogens is 2. The van der Waals surface area contributed by atoms with Crippen molar-refractivity contribution in [1.29, 1.82) is 0 Å². The fourth-order valence-corrected chi connectivity index (χ4v) is 2.94. The summed E-state index contributed by atoms with van der Waals surface area (Å²) >= 11 is 0. The third-order valence-electron chi connectivity index (χ3n) is 4.65. The first-order chi connectivity index (χ1) is 13.3. The van der Waals surface area contributed by atoms with Gasteiger partial charge in [0.15, 0.2) is 0 Å². The zero-order valence-corrected chi connectivity index (χ0v) is 16.7. The van der Waals surface area contributed by atoms with Crippen LogP contribution in [0.4, 0.5) is 11.4 Å². The number of hydrogen-bond acceptors (Lipinski definition) is 5. The van der Waals surface area contributed by atoms with E-state index in [1.165, 1.54) is 18.6 Å². The lowest BCUT2D eigenvalue weighted by molar-refractivity contribution is -0.127. The van der Waals surface area contributed by atoms with Crippen molar-refractivity contribution >= 4 is 23.2 Å². The predicted molar refractivity (Wildman–Crippen MR) is 108 cm³/mol. The molecule has 0 unspecified atom stereocenters. The highest BCUT2D eigenvalue weighted by Gasteiger charge is 2.37. The Morgan fingerprint density at radius 3 is 2.79 bits per heavy atom. The molecular formula is C21H26N4O3. The standard InChI is InChI=1S/C21H26N4O3/c1-14(2)7-10-25-17-11-15(24-19(26)16-12-22-8-9-23-16)5-6-18(17)28-13-21(3,4)20(25)27/h5-6,8-9,11-12,14H,7,10,13H2,1-4H3,(H,24,26). The second-order valence-corrected chi connectivity index (χ2v) is 8.04. The third kappa shape index (κ3) is 4.30. The molecule has 0 atom stereocenters. The number of ether oxygens (including phenoxy) is 1. The van der Waals surface area contributed by atoms with Crippen LogP contribution in [0.2, 0.25) is 0 Å². The third-order valence-corrected chi connectivity index (χ3v) is 4.65. The number of benzene rings is 1. The topological polar surface area (TPSA) is 84.4 Å². The van der Waals surface area contributed by atoms with Gasteiger partial charge in [0.25, 0.3) is 5.91 Å². The van der Waals surface area contributed by atoms with E-state index in [9.17, 15) is 9.59 Å². The molecule has 1 aliphatic heterocycles. The van der Waals surface area contributed by atoms with Gasteiger partial charge in [-0.2, -0.15) is 0 Å². The van der Waals surface area contributed by atoms with Gasteiger partial charge in [-0.1, -0.05) is 13.8 Å². The normalized spacial score (nSPS) is 15.6. The van der Waals surface area contributed by atoms with Crippen LogP contribution in [0, 0.1) is 11.3 Å². The Kier molecular flexibility index (Phi) is 5.63. The number of rotatable bonds is 5. The second kappa shape index (κ2) is 7.96. The van der Waals surface area contributed by atoms with Gasteiger partial charge < -0.3 is 15.0 Å². The summed E-state index contributed by atoms with van der Waals surface area (Å²) in [5, 5.41) is 2.81. The first-order valence-electron chi connectivity index (χ1n) is 9.44. The molecule has 0 radical (unpaired) electrons. The van der Waals surface area contributed by atoms with E-state index in [-0.39, 0.29) is 17.5 Å². The molecule has 7 nitrogen and oxygen atoms in total. The zero-order valence-electron chi connectivity index (χ0n) is 16.7. The average Bonchev–Trinajstić information content (AvgIpc) is 2.76. The van der Waals surface area contributed by atoms with E-state index in [1.54, 1.807) is 23.1 Å². The van der Waals surface area contributed by atoms with E-state index < -0.39 is 5.41 Å². The Morgan fingerprint density at radius 2 is 2.11 bits per heavy atom. The number of anilines is 2. The van der Waals surface area contributed by atoms with E-state index in [0.29, 0.717) is 36.2 Å². The molecule has 0 aliphatic carbocycles. The van der Waals surface area contributed by atoms with Gasteiger partial charge in [0.2, 0.25) is 5.91 Å². The van der Waals surface area contributed by atoms with Crippen molar-refractivity contribution in [2.75, 3.05) is 23.4 Å². The highest BCUT2D eigenvalue weighted by Crippen LogP contribution is 2.38. The average molecular weight is 382 g/mol. The quantitative estimate of drug-likeness (QED) is 0.855. The minimum atomic E-state index is -0.626. The summed E-state index contributed by atoms with van der Waals surface area (Å²) in [6.07, 6.45) is 5.25. The largest absolute Gasteiger partial charge is 0.490 e. The summed E-state index contributed by atoms with van der Waals surface area (Å²) < 4.78 is 5.92. The lowest BCUT2D eigenvalue weighted by Crippen LogP contribution is -2.42. The monoisotopic (exact) mass is 382 g/mol. The molecule has 1 aliphatic rings. The van der Waals surface area contributed by atoms with E-state index in [4.69, 9.17) is 4.74 Å². The summed E-state index contributed by atoms with van der Waals surface area (Å²) in [5.41, 5.74) is 0.842. The first-order valence-corrected chi connectivity index (χ1v) is 9.44. The van der Waals surface area contributed by atoms with Crippen molar-refractivity contribution in [3.05, 3.63) is 42.5 Å². The van der Waals surface area contributed by atoms with Crippen molar-refractivity contribution in [1.82, 2.24) is 9.97 Å². The number of carbonyl (C=O) groups is 2. The highest BCUT2D eigenvalue weighted by atomic mass is 16.5. The smallest absolute Gasteiger partial charge is 0.275 e. The fourth-order valence-electron chi connectivity index (χ4n) is 2.94. The number of amides is 2. The molecule has 0 fully saturated rings. The van der Waals surface area contributed by atoms with E-state index in [0.717, 1.165) is 6.42 Å². The number of nitrogens with one attached hydrogen (secondary N) is 1. The van der Waals surface area contributed by atoms with E-state index >= 15 is 0 Å². The van der Waals surface area contributed by atoms with Crippen molar-refractivity contribution in [3.63, 3.8) is 0 Å². The molecule has 3 rings (SSSR count). The van der Waals surface area contributed by atoms with E-state index in [1.807, 2.05) is 13.8 Å². The first kappa shape index (κ1) is 19.8. The van der Waals surface area contributed by atoms with Crippen LogP contribution in [-0.2, 0) is 4.79 Å². The lowest BCUT2D eigenvalue weighted by atomic mass is 9.92. The maximum absolute atomic E-state index is 13.1. The maximum atomic E-state index is 13.1. The van der Waals surface area contributed by atoms with Crippen LogP contribution in [0.5, 0.6) is 5.75 Å². The fraction of sp³-hybridized carbons (Fsp3) is 0.429. The molecule has 28 heavy (non-hydrogen) atoms. The predicted octanol–water partition coefficient (Wildman–Crippen LogP) is 3.53. The van der Waals surface area contributed by atoms with Gasteiger partial charge in [0, 0.05) is 24.6 Å². The van der Waals surface area contributed by atoms with E-state index in [2.05, 4.69) is 29.1 Å². The van der Waals surface area contributed by atoms with Gasteiger partial charge in [0.05, 0.1) is 17.3 Å². The van der Waals surface area contributed by atoms with Crippen LogP contribution in [-0.4, -0.2) is 34.9 Å². The van der Waals surface area contributed by atoms with Gasteiger partial charge in [-0.25, -0.2) is 4.98 Å². The van der Waals surface area contributed by atoms with Crippen LogP contribution >= 0.6 is 0 Å². The molecule has 0 saturated heterocycles. The molecule has 7 heteroatoms. The van der Waals surface area contributed by atoms with Gasteiger partial charge in [0.1, 0.15) is 18.1 Å². The zero-order chi connectivity index (χ0) is 20.3. The summed E-state index contributed by atoms with van der Waals surface area (Å²) in [7, 11) is 0. The summed E-state index contributed by atoms with van der Waals surface area (Å²) in [4.78, 5) is 35.2. The van der Waals surface area contributed by atoms with Crippen molar-refractivity contribution < 1.29 is 14.3 Å². The second-order valence-electron chi connectivity index (χ2n) is 8.04. The van der Waals surface area contributed by atoms with Gasteiger partial charge >= 0.3 is 0 Å². The molecule has 2 heterocycles. The summed E-state index contributed by atoms with van der Waals surface area (Å²) in [6, 6.07) is 5.33. The number of nitrogens with zero attached hydrogens (tertiary/aromatic N) is 3. The molecule has 2 amide bonds. The van der Waals surface area contributed by atoms with Crippen LogP contribution in [0.15, 0.2) is 36.8 Å². The maximum Gasteiger partial charge on any atom is 0.275 e. The minimum absolute atomic E-state index is 0.0179. The summed E-state index contributed by atoms with van der Waals surface area (Å²) in [5.74, 6) is 0.760. The van der Waals surface area contributed by atoms with Crippen molar-refractivity contribution in [2.45, 2.75) is 34.1 Å². The molecule has 0 spiro atoms. The molecular weight excluding hydrogens is 356 g/mol. The molecule has 1 aromatic carbocycles. The highest BCUT2D eigenvalue weighted by molar-refractivity contribution is 6.04. The van der Waals surface area contributed by atoms with Crippen molar-refractivity contribution in [3.8, 4) is 5.75 Å². The summed E-state index contributed by atoms with van der Waals surface area (Å²) in [6.45, 7) is 8.94. The van der Waals surface area contributed by atoms with Crippen LogP contribution in [0.25, 0.3) is 0 Å². The Balaban J connectivity index is 1.91. The van der Waals surface area contributed by atoms with Crippen LogP contribution in [0.3, 0.4) is 0 Å².